The van der Waals surface area contributed by atoms with Crippen LogP contribution in [-0.4, -0.2) is 19.5 Å². The fourth-order valence-corrected chi connectivity index (χ4v) is 8.12. The van der Waals surface area contributed by atoms with Gasteiger partial charge in [0.1, 0.15) is 0 Å². The van der Waals surface area contributed by atoms with E-state index in [1.165, 1.54) is 53.2 Å². The molecule has 0 bridgehead atoms. The average molecular weight is 605 g/mol. The van der Waals surface area contributed by atoms with Crippen LogP contribution in [0.2, 0.25) is 0 Å². The SMILES string of the molecule is c1ccc(-c2nc(-c3ccccc3)nc(-n3c4c5ccccc5c5ccccc5c4c4c5ccccc5c5ccsc5c43)n2)cc1. The summed E-state index contributed by atoms with van der Waals surface area (Å²) < 4.78 is 3.55. The van der Waals surface area contributed by atoms with Gasteiger partial charge in [-0.15, -0.1) is 11.3 Å². The van der Waals surface area contributed by atoms with E-state index in [0.29, 0.717) is 17.6 Å². The lowest BCUT2D eigenvalue weighted by atomic mass is 9.94. The van der Waals surface area contributed by atoms with Gasteiger partial charge in [0.05, 0.1) is 15.7 Å². The first-order chi connectivity index (χ1) is 22.8. The van der Waals surface area contributed by atoms with Gasteiger partial charge >= 0.3 is 0 Å². The van der Waals surface area contributed by atoms with Crippen molar-refractivity contribution in [3.05, 3.63) is 145 Å². The van der Waals surface area contributed by atoms with E-state index < -0.39 is 0 Å². The number of rotatable bonds is 3. The largest absolute Gasteiger partial charge is 0.276 e. The minimum atomic E-state index is 0.609. The third kappa shape index (κ3) is 3.57. The van der Waals surface area contributed by atoms with E-state index in [0.717, 1.165) is 22.2 Å². The summed E-state index contributed by atoms with van der Waals surface area (Å²) >= 11 is 1.78. The standard InChI is InChI=1S/C41H24N4S/c1-3-13-25(14-4-1)39-42-40(26-15-5-2-6-16-26)44-41(43-39)45-36-32-22-12-9-18-28(32)27-17-7-10-20-30(27)34(36)35-31-21-11-8-19-29(31)33-23-24-46-38(33)37(35)45/h1-24H. The zero-order chi connectivity index (χ0) is 30.2. The lowest BCUT2D eigenvalue weighted by Crippen LogP contribution is -2.06. The van der Waals surface area contributed by atoms with Gasteiger partial charge in [0, 0.05) is 32.7 Å². The van der Waals surface area contributed by atoms with Gasteiger partial charge in [-0.2, -0.15) is 9.97 Å². The van der Waals surface area contributed by atoms with Crippen LogP contribution in [0.4, 0.5) is 0 Å². The van der Waals surface area contributed by atoms with Crippen molar-refractivity contribution in [1.82, 2.24) is 19.5 Å². The molecule has 0 saturated carbocycles. The van der Waals surface area contributed by atoms with Gasteiger partial charge in [0.15, 0.2) is 11.6 Å². The molecule has 0 aliphatic carbocycles. The van der Waals surface area contributed by atoms with E-state index in [2.05, 4.69) is 113 Å². The molecule has 3 aromatic heterocycles. The van der Waals surface area contributed by atoms with E-state index in [4.69, 9.17) is 15.0 Å². The van der Waals surface area contributed by atoms with E-state index in [-0.39, 0.29) is 0 Å². The van der Waals surface area contributed by atoms with Gasteiger partial charge < -0.3 is 0 Å². The van der Waals surface area contributed by atoms with Crippen LogP contribution in [0.1, 0.15) is 0 Å². The molecule has 214 valence electrons. The minimum Gasteiger partial charge on any atom is -0.276 e. The quantitative estimate of drug-likeness (QED) is 0.188. The van der Waals surface area contributed by atoms with Crippen molar-refractivity contribution in [2.45, 2.75) is 0 Å². The summed E-state index contributed by atoms with van der Waals surface area (Å²) in [7, 11) is 0. The number of fused-ring (bicyclic) bond motifs is 13. The highest BCUT2D eigenvalue weighted by atomic mass is 32.1. The molecule has 3 heterocycles. The second-order valence-corrected chi connectivity index (χ2v) is 12.5. The van der Waals surface area contributed by atoms with Crippen LogP contribution < -0.4 is 0 Å². The average Bonchev–Trinajstić information content (AvgIpc) is 3.77. The Hall–Kier alpha value is -5.91. The van der Waals surface area contributed by atoms with Crippen molar-refractivity contribution in [2.24, 2.45) is 0 Å². The van der Waals surface area contributed by atoms with Crippen molar-refractivity contribution in [1.29, 1.82) is 0 Å². The van der Waals surface area contributed by atoms with Gasteiger partial charge in [-0.05, 0) is 38.4 Å². The Morgan fingerprint density at radius 3 is 1.43 bits per heavy atom. The Morgan fingerprint density at radius 2 is 0.848 bits per heavy atom. The van der Waals surface area contributed by atoms with Crippen molar-refractivity contribution < 1.29 is 0 Å². The van der Waals surface area contributed by atoms with Crippen molar-refractivity contribution >= 4 is 75.5 Å². The van der Waals surface area contributed by atoms with Crippen molar-refractivity contribution in [2.75, 3.05) is 0 Å². The van der Waals surface area contributed by atoms with E-state index in [1.54, 1.807) is 11.3 Å². The molecule has 0 spiro atoms. The van der Waals surface area contributed by atoms with Crippen LogP contribution in [0.5, 0.6) is 0 Å². The zero-order valence-corrected chi connectivity index (χ0v) is 25.4. The Kier molecular flexibility index (Phi) is 5.41. The van der Waals surface area contributed by atoms with Gasteiger partial charge in [0.25, 0.3) is 0 Å². The molecule has 0 aliphatic heterocycles. The maximum Gasteiger partial charge on any atom is 0.238 e. The summed E-state index contributed by atoms with van der Waals surface area (Å²) in [6.07, 6.45) is 0. The summed E-state index contributed by atoms with van der Waals surface area (Å²) in [5.74, 6) is 1.90. The molecule has 7 aromatic carbocycles. The monoisotopic (exact) mass is 604 g/mol. The molecule has 0 fully saturated rings. The molecular formula is C41H24N4S. The highest BCUT2D eigenvalue weighted by Crippen LogP contribution is 2.48. The number of aromatic nitrogens is 4. The predicted molar refractivity (Wildman–Crippen MR) is 193 cm³/mol. The first kappa shape index (κ1) is 25.4. The fourth-order valence-electron chi connectivity index (χ4n) is 7.17. The Balaban J connectivity index is 1.50. The van der Waals surface area contributed by atoms with Crippen LogP contribution >= 0.6 is 11.3 Å². The molecular weight excluding hydrogens is 581 g/mol. The molecule has 0 atom stereocenters. The summed E-state index contributed by atoms with van der Waals surface area (Å²) in [6.45, 7) is 0. The third-order valence-electron chi connectivity index (χ3n) is 9.09. The van der Waals surface area contributed by atoms with Gasteiger partial charge in [-0.1, -0.05) is 133 Å². The molecule has 0 saturated heterocycles. The molecule has 0 N–H and O–H groups in total. The van der Waals surface area contributed by atoms with Crippen LogP contribution in [0, 0.1) is 0 Å². The molecule has 5 heteroatoms. The van der Waals surface area contributed by atoms with Crippen molar-refractivity contribution in [3.8, 4) is 28.7 Å². The molecule has 0 amide bonds. The summed E-state index contributed by atoms with van der Waals surface area (Å²) in [5, 5.41) is 13.2. The first-order valence-corrected chi connectivity index (χ1v) is 16.3. The lowest BCUT2D eigenvalue weighted by Gasteiger charge is -2.13. The van der Waals surface area contributed by atoms with Crippen LogP contribution in [0.25, 0.3) is 92.9 Å². The second kappa shape index (κ2) is 9.80. The minimum absolute atomic E-state index is 0.609. The Bertz CT molecular complexity index is 2740. The van der Waals surface area contributed by atoms with Crippen LogP contribution in [0.15, 0.2) is 145 Å². The van der Waals surface area contributed by atoms with E-state index >= 15 is 0 Å². The zero-order valence-electron chi connectivity index (χ0n) is 24.6. The molecule has 46 heavy (non-hydrogen) atoms. The topological polar surface area (TPSA) is 43.6 Å². The smallest absolute Gasteiger partial charge is 0.238 e. The molecule has 0 unspecified atom stereocenters. The molecule has 10 aromatic rings. The maximum absolute atomic E-state index is 5.28. The lowest BCUT2D eigenvalue weighted by molar-refractivity contribution is 0.957. The van der Waals surface area contributed by atoms with Crippen LogP contribution in [-0.2, 0) is 0 Å². The van der Waals surface area contributed by atoms with Crippen LogP contribution in [0.3, 0.4) is 0 Å². The maximum atomic E-state index is 5.28. The Labute approximate surface area is 267 Å². The van der Waals surface area contributed by atoms with E-state index in [9.17, 15) is 0 Å². The number of hydrogen-bond acceptors (Lipinski definition) is 4. The molecule has 0 aliphatic rings. The number of hydrogen-bond donors (Lipinski definition) is 0. The predicted octanol–water partition coefficient (Wildman–Crippen LogP) is 11.0. The summed E-state index contributed by atoms with van der Waals surface area (Å²) in [5.41, 5.74) is 4.14. The number of benzene rings is 7. The summed E-state index contributed by atoms with van der Waals surface area (Å²) in [4.78, 5) is 15.6. The number of thiophene rings is 1. The van der Waals surface area contributed by atoms with Gasteiger partial charge in [0.2, 0.25) is 5.95 Å². The summed E-state index contributed by atoms with van der Waals surface area (Å²) in [6, 6.07) is 49.0. The fraction of sp³-hybridized carbons (Fsp3) is 0. The molecule has 0 radical (unpaired) electrons. The second-order valence-electron chi connectivity index (χ2n) is 11.6. The Morgan fingerprint density at radius 1 is 0.391 bits per heavy atom. The molecule has 4 nitrogen and oxygen atoms in total. The van der Waals surface area contributed by atoms with Gasteiger partial charge in [-0.3, -0.25) is 4.57 Å². The van der Waals surface area contributed by atoms with Gasteiger partial charge in [-0.25, -0.2) is 4.98 Å². The van der Waals surface area contributed by atoms with E-state index in [1.807, 2.05) is 36.4 Å². The number of nitrogens with zero attached hydrogens (tertiary/aromatic N) is 4. The highest BCUT2D eigenvalue weighted by Gasteiger charge is 2.25. The highest BCUT2D eigenvalue weighted by molar-refractivity contribution is 7.18. The first-order valence-electron chi connectivity index (χ1n) is 15.4. The van der Waals surface area contributed by atoms with Crippen molar-refractivity contribution in [3.63, 3.8) is 0 Å². The third-order valence-corrected chi connectivity index (χ3v) is 10.0. The molecule has 10 rings (SSSR count). The normalized spacial score (nSPS) is 11.9.